The lowest BCUT2D eigenvalue weighted by atomic mass is 9.93. The average Bonchev–Trinajstić information content (AvgIpc) is 3.29. The summed E-state index contributed by atoms with van der Waals surface area (Å²) in [5.74, 6) is 0.179. The maximum absolute atomic E-state index is 13.1. The van der Waals surface area contributed by atoms with Crippen LogP contribution in [-0.2, 0) is 4.79 Å². The fraction of sp³-hybridized carbons (Fsp3) is 0.714. The van der Waals surface area contributed by atoms with Crippen LogP contribution in [0, 0.1) is 6.92 Å². The minimum atomic E-state index is -0.106. The Morgan fingerprint density at radius 3 is 2.52 bits per heavy atom. The lowest BCUT2D eigenvalue weighted by Crippen LogP contribution is -2.49. The zero-order chi connectivity index (χ0) is 19.4. The molecular weight excluding hydrogens is 340 g/mol. The molecule has 1 aliphatic heterocycles. The van der Waals surface area contributed by atoms with E-state index in [0.29, 0.717) is 18.0 Å². The van der Waals surface area contributed by atoms with Gasteiger partial charge in [-0.3, -0.25) is 14.5 Å². The van der Waals surface area contributed by atoms with Crippen molar-refractivity contribution in [2.75, 3.05) is 19.6 Å². The van der Waals surface area contributed by atoms with Crippen LogP contribution in [0.2, 0.25) is 0 Å². The lowest BCUT2D eigenvalue weighted by molar-refractivity contribution is -0.136. The normalized spacial score (nSPS) is 24.1. The maximum atomic E-state index is 13.1. The molecule has 150 valence electrons. The first-order chi connectivity index (χ1) is 13.0. The van der Waals surface area contributed by atoms with Crippen LogP contribution in [0.4, 0.5) is 0 Å². The van der Waals surface area contributed by atoms with Crippen LogP contribution >= 0.6 is 0 Å². The van der Waals surface area contributed by atoms with Crippen LogP contribution in [0.15, 0.2) is 12.3 Å². The highest BCUT2D eigenvalue weighted by molar-refractivity contribution is 5.95. The number of rotatable bonds is 6. The third-order valence-corrected chi connectivity index (χ3v) is 6.28. The number of likely N-dealkylation sites (N-methyl/N-ethyl adjacent to an activating group) is 1. The number of H-pyrrole nitrogens is 1. The number of aromatic nitrogens is 1. The molecule has 1 aromatic rings. The van der Waals surface area contributed by atoms with Crippen LogP contribution in [0.25, 0.3) is 0 Å². The van der Waals surface area contributed by atoms with Crippen molar-refractivity contribution < 1.29 is 9.59 Å². The number of aryl methyl sites for hydroxylation is 1. The Morgan fingerprint density at radius 2 is 1.93 bits per heavy atom. The van der Waals surface area contributed by atoms with Gasteiger partial charge in [-0.15, -0.1) is 0 Å². The highest BCUT2D eigenvalue weighted by Crippen LogP contribution is 2.30. The van der Waals surface area contributed by atoms with Crippen molar-refractivity contribution in [2.24, 2.45) is 0 Å². The van der Waals surface area contributed by atoms with Crippen molar-refractivity contribution >= 4 is 11.8 Å². The molecule has 0 bridgehead atoms. The van der Waals surface area contributed by atoms with Crippen LogP contribution in [0.5, 0.6) is 0 Å². The summed E-state index contributed by atoms with van der Waals surface area (Å²) >= 11 is 0. The summed E-state index contributed by atoms with van der Waals surface area (Å²) < 4.78 is 0. The predicted octanol–water partition coefficient (Wildman–Crippen LogP) is 2.70. The third-order valence-electron chi connectivity index (χ3n) is 6.28. The van der Waals surface area contributed by atoms with Crippen LogP contribution in [0.3, 0.4) is 0 Å². The lowest BCUT2D eigenvalue weighted by Gasteiger charge is -2.36. The SMILES string of the molecule is CCN(CC)C(=O)[C@@H]1C[C@@H](NC(=O)c2cc[nH]c2C)CN1C1CCCCC1. The number of hydrogen-bond donors (Lipinski definition) is 2. The van der Waals surface area contributed by atoms with E-state index in [-0.39, 0.29) is 23.9 Å². The van der Waals surface area contributed by atoms with Gasteiger partial charge in [-0.05, 0) is 46.1 Å². The van der Waals surface area contributed by atoms with Crippen molar-refractivity contribution in [3.05, 3.63) is 23.5 Å². The van der Waals surface area contributed by atoms with Crippen LogP contribution in [0.1, 0.15) is 68.4 Å². The standard InChI is InChI=1S/C21H34N4O2/c1-4-24(5-2)21(27)19-13-16(14-25(19)17-9-7-6-8-10-17)23-20(26)18-11-12-22-15(18)3/h11-12,16-17,19,22H,4-10,13-14H2,1-3H3,(H,23,26)/t16-,19+/m1/s1. The van der Waals surface area contributed by atoms with Gasteiger partial charge in [-0.2, -0.15) is 0 Å². The van der Waals surface area contributed by atoms with Crippen molar-refractivity contribution in [2.45, 2.75) is 77.4 Å². The second-order valence-corrected chi connectivity index (χ2v) is 7.94. The van der Waals surface area contributed by atoms with E-state index in [0.717, 1.165) is 25.3 Å². The van der Waals surface area contributed by atoms with Gasteiger partial charge in [0.25, 0.3) is 5.91 Å². The summed E-state index contributed by atoms with van der Waals surface area (Å²) in [5.41, 5.74) is 1.57. The van der Waals surface area contributed by atoms with Gasteiger partial charge in [-0.25, -0.2) is 0 Å². The first-order valence-electron chi connectivity index (χ1n) is 10.5. The molecule has 3 rings (SSSR count). The fourth-order valence-electron chi connectivity index (χ4n) is 4.73. The molecule has 2 fully saturated rings. The molecule has 6 nitrogen and oxygen atoms in total. The molecule has 2 amide bonds. The van der Waals surface area contributed by atoms with E-state index in [1.165, 1.54) is 32.1 Å². The number of aromatic amines is 1. The second-order valence-electron chi connectivity index (χ2n) is 7.94. The first-order valence-corrected chi connectivity index (χ1v) is 10.5. The van der Waals surface area contributed by atoms with E-state index in [1.54, 1.807) is 6.20 Å². The quantitative estimate of drug-likeness (QED) is 0.804. The number of carbonyl (C=O) groups is 2. The van der Waals surface area contributed by atoms with Gasteiger partial charge in [0.05, 0.1) is 11.6 Å². The van der Waals surface area contributed by atoms with Gasteiger partial charge in [0.15, 0.2) is 0 Å². The number of hydrogen-bond acceptors (Lipinski definition) is 3. The average molecular weight is 375 g/mol. The topological polar surface area (TPSA) is 68.4 Å². The van der Waals surface area contributed by atoms with Crippen molar-refractivity contribution in [1.29, 1.82) is 0 Å². The molecule has 6 heteroatoms. The smallest absolute Gasteiger partial charge is 0.253 e. The summed E-state index contributed by atoms with van der Waals surface area (Å²) in [6.07, 6.45) is 8.62. The van der Waals surface area contributed by atoms with E-state index in [2.05, 4.69) is 15.2 Å². The van der Waals surface area contributed by atoms with E-state index in [4.69, 9.17) is 0 Å². The number of nitrogens with zero attached hydrogens (tertiary/aromatic N) is 2. The van der Waals surface area contributed by atoms with Crippen molar-refractivity contribution in [1.82, 2.24) is 20.1 Å². The van der Waals surface area contributed by atoms with Crippen LogP contribution < -0.4 is 5.32 Å². The molecule has 2 heterocycles. The van der Waals surface area contributed by atoms with Gasteiger partial charge in [0, 0.05) is 43.6 Å². The van der Waals surface area contributed by atoms with Crippen molar-refractivity contribution in [3.8, 4) is 0 Å². The van der Waals surface area contributed by atoms with Gasteiger partial charge in [0.1, 0.15) is 0 Å². The Bertz CT molecular complexity index is 646. The Labute approximate surface area is 162 Å². The second kappa shape index (κ2) is 8.91. The number of likely N-dealkylation sites (tertiary alicyclic amines) is 1. The van der Waals surface area contributed by atoms with E-state index in [1.807, 2.05) is 31.7 Å². The minimum Gasteiger partial charge on any atom is -0.365 e. The molecular formula is C21H34N4O2. The largest absolute Gasteiger partial charge is 0.365 e. The number of amides is 2. The molecule has 0 radical (unpaired) electrons. The molecule has 0 unspecified atom stereocenters. The predicted molar refractivity (Wildman–Crippen MR) is 107 cm³/mol. The molecule has 1 aliphatic carbocycles. The maximum Gasteiger partial charge on any atom is 0.253 e. The highest BCUT2D eigenvalue weighted by atomic mass is 16.2. The zero-order valence-electron chi connectivity index (χ0n) is 17.0. The fourth-order valence-corrected chi connectivity index (χ4v) is 4.73. The molecule has 2 N–H and O–H groups in total. The number of nitrogens with one attached hydrogen (secondary N) is 2. The molecule has 1 aromatic heterocycles. The summed E-state index contributed by atoms with van der Waals surface area (Å²) in [6.45, 7) is 8.24. The molecule has 27 heavy (non-hydrogen) atoms. The molecule has 0 aromatic carbocycles. The molecule has 0 spiro atoms. The zero-order valence-corrected chi connectivity index (χ0v) is 17.0. The Kier molecular flexibility index (Phi) is 6.58. The highest BCUT2D eigenvalue weighted by Gasteiger charge is 2.42. The Hall–Kier alpha value is -1.82. The molecule has 1 saturated carbocycles. The van der Waals surface area contributed by atoms with E-state index >= 15 is 0 Å². The summed E-state index contributed by atoms with van der Waals surface area (Å²) in [7, 11) is 0. The van der Waals surface area contributed by atoms with Gasteiger partial charge < -0.3 is 15.2 Å². The minimum absolute atomic E-state index is 0.0261. The van der Waals surface area contributed by atoms with Crippen LogP contribution in [-0.4, -0.2) is 64.4 Å². The van der Waals surface area contributed by atoms with E-state index < -0.39 is 0 Å². The van der Waals surface area contributed by atoms with Gasteiger partial charge >= 0.3 is 0 Å². The van der Waals surface area contributed by atoms with E-state index in [9.17, 15) is 9.59 Å². The number of carbonyl (C=O) groups excluding carboxylic acids is 2. The summed E-state index contributed by atoms with van der Waals surface area (Å²) in [6, 6.07) is 2.21. The van der Waals surface area contributed by atoms with Crippen molar-refractivity contribution in [3.63, 3.8) is 0 Å². The third kappa shape index (κ3) is 4.37. The molecule has 1 saturated heterocycles. The van der Waals surface area contributed by atoms with Gasteiger partial charge in [0.2, 0.25) is 5.91 Å². The summed E-state index contributed by atoms with van der Waals surface area (Å²) in [4.78, 5) is 33.2. The molecule has 2 aliphatic rings. The Balaban J connectivity index is 1.73. The monoisotopic (exact) mass is 374 g/mol. The van der Waals surface area contributed by atoms with Gasteiger partial charge in [-0.1, -0.05) is 19.3 Å². The molecule has 2 atom stereocenters. The first kappa shape index (κ1) is 19.9. The summed E-state index contributed by atoms with van der Waals surface area (Å²) in [5, 5.41) is 3.18. The Morgan fingerprint density at radius 1 is 1.22 bits per heavy atom.